The van der Waals surface area contributed by atoms with Crippen molar-refractivity contribution in [2.45, 2.75) is 47.0 Å². The molecule has 0 aromatic heterocycles. The van der Waals surface area contributed by atoms with Crippen molar-refractivity contribution in [3.8, 4) is 0 Å². The van der Waals surface area contributed by atoms with E-state index in [1.54, 1.807) is 0 Å². The van der Waals surface area contributed by atoms with E-state index in [1.807, 2.05) is 0 Å². The first-order chi connectivity index (χ1) is 5.74. The molecule has 0 aliphatic carbocycles. The molecule has 0 radical (unpaired) electrons. The standard InChI is InChI=1S/C11H26N.K/c1-5-9-12(8-4,10-6-2)11-7-3;/h5-11H2,1-4H3;/q2*+1. The molecular formula is C11H26KN+2. The summed E-state index contributed by atoms with van der Waals surface area (Å²) >= 11 is 0. The van der Waals surface area contributed by atoms with Crippen molar-refractivity contribution in [3.63, 3.8) is 0 Å². The average Bonchev–Trinajstić information content (AvgIpc) is 2.06. The molecule has 0 aliphatic rings. The van der Waals surface area contributed by atoms with E-state index in [0.29, 0.717) is 0 Å². The summed E-state index contributed by atoms with van der Waals surface area (Å²) in [6, 6.07) is 0. The first-order valence-electron chi connectivity index (χ1n) is 5.59. The Morgan fingerprint density at radius 1 is 0.692 bits per heavy atom. The Hall–Kier alpha value is 1.60. The predicted octanol–water partition coefficient (Wildman–Crippen LogP) is 0.0571. The fourth-order valence-corrected chi connectivity index (χ4v) is 2.23. The zero-order valence-corrected chi connectivity index (χ0v) is 13.5. The van der Waals surface area contributed by atoms with Crippen LogP contribution in [0.3, 0.4) is 0 Å². The number of rotatable bonds is 7. The molecule has 0 saturated heterocycles. The molecule has 1 nitrogen and oxygen atoms in total. The van der Waals surface area contributed by atoms with Gasteiger partial charge in [-0.05, 0) is 26.2 Å². The molecule has 0 spiro atoms. The van der Waals surface area contributed by atoms with Gasteiger partial charge in [0.25, 0.3) is 0 Å². The van der Waals surface area contributed by atoms with Crippen molar-refractivity contribution in [1.29, 1.82) is 0 Å². The van der Waals surface area contributed by atoms with Gasteiger partial charge in [0, 0.05) is 0 Å². The van der Waals surface area contributed by atoms with Crippen LogP contribution in [-0.4, -0.2) is 30.7 Å². The first kappa shape index (κ1) is 17.0. The summed E-state index contributed by atoms with van der Waals surface area (Å²) in [7, 11) is 0. The fraction of sp³-hybridized carbons (Fsp3) is 1.00. The van der Waals surface area contributed by atoms with Crippen molar-refractivity contribution in [2.75, 3.05) is 26.2 Å². The number of quaternary nitrogens is 1. The van der Waals surface area contributed by atoms with Gasteiger partial charge in [-0.15, -0.1) is 0 Å². The average molecular weight is 211 g/mol. The Bertz CT molecular complexity index is 87.2. The minimum Gasteiger partial charge on any atom is -0.324 e. The monoisotopic (exact) mass is 211 g/mol. The van der Waals surface area contributed by atoms with Gasteiger partial charge in [0.1, 0.15) is 0 Å². The second kappa shape index (κ2) is 10.1. The molecule has 0 aromatic rings. The van der Waals surface area contributed by atoms with Gasteiger partial charge in [-0.25, -0.2) is 0 Å². The Morgan fingerprint density at radius 3 is 1.15 bits per heavy atom. The maximum atomic E-state index is 2.33. The molecule has 0 bridgehead atoms. The minimum absolute atomic E-state index is 0. The summed E-state index contributed by atoms with van der Waals surface area (Å²) in [6.07, 6.45) is 3.98. The topological polar surface area (TPSA) is 0 Å². The van der Waals surface area contributed by atoms with Crippen LogP contribution in [0, 0.1) is 0 Å². The van der Waals surface area contributed by atoms with Crippen LogP contribution in [0.15, 0.2) is 0 Å². The molecule has 0 fully saturated rings. The normalized spacial score (nSPS) is 11.1. The van der Waals surface area contributed by atoms with E-state index in [0.717, 1.165) is 0 Å². The van der Waals surface area contributed by atoms with Crippen molar-refractivity contribution < 1.29 is 55.9 Å². The quantitative estimate of drug-likeness (QED) is 0.413. The van der Waals surface area contributed by atoms with Crippen LogP contribution in [0.25, 0.3) is 0 Å². The molecule has 0 saturated carbocycles. The van der Waals surface area contributed by atoms with Crippen molar-refractivity contribution in [2.24, 2.45) is 0 Å². The van der Waals surface area contributed by atoms with Crippen LogP contribution in [-0.2, 0) is 0 Å². The third-order valence-electron chi connectivity index (χ3n) is 2.76. The third-order valence-corrected chi connectivity index (χ3v) is 2.76. The molecule has 13 heavy (non-hydrogen) atoms. The fourth-order valence-electron chi connectivity index (χ4n) is 2.23. The molecule has 0 unspecified atom stereocenters. The summed E-state index contributed by atoms with van der Waals surface area (Å²) in [4.78, 5) is 0. The third kappa shape index (κ3) is 6.64. The van der Waals surface area contributed by atoms with Crippen LogP contribution in [0.1, 0.15) is 47.0 Å². The molecule has 0 heterocycles. The molecule has 0 aromatic carbocycles. The van der Waals surface area contributed by atoms with E-state index >= 15 is 0 Å². The van der Waals surface area contributed by atoms with Crippen LogP contribution in [0.4, 0.5) is 0 Å². The summed E-state index contributed by atoms with van der Waals surface area (Å²) in [5.74, 6) is 0. The largest absolute Gasteiger partial charge is 1.00 e. The van der Waals surface area contributed by atoms with Crippen LogP contribution in [0.2, 0.25) is 0 Å². The van der Waals surface area contributed by atoms with Crippen molar-refractivity contribution >= 4 is 0 Å². The summed E-state index contributed by atoms with van der Waals surface area (Å²) in [6.45, 7) is 14.7. The van der Waals surface area contributed by atoms with Crippen molar-refractivity contribution in [3.05, 3.63) is 0 Å². The van der Waals surface area contributed by atoms with Crippen molar-refractivity contribution in [1.82, 2.24) is 0 Å². The first-order valence-corrected chi connectivity index (χ1v) is 5.59. The molecular weight excluding hydrogens is 185 g/mol. The van der Waals surface area contributed by atoms with E-state index in [-0.39, 0.29) is 51.4 Å². The minimum atomic E-state index is 0. The van der Waals surface area contributed by atoms with Crippen LogP contribution in [0.5, 0.6) is 0 Å². The van der Waals surface area contributed by atoms with E-state index < -0.39 is 0 Å². The van der Waals surface area contributed by atoms with Gasteiger partial charge in [-0.1, -0.05) is 20.8 Å². The zero-order chi connectivity index (χ0) is 9.45. The second-order valence-corrected chi connectivity index (χ2v) is 3.83. The molecule has 0 N–H and O–H groups in total. The summed E-state index contributed by atoms with van der Waals surface area (Å²) in [5.41, 5.74) is 0. The molecule has 0 rings (SSSR count). The Kier molecular flexibility index (Phi) is 13.2. The smallest absolute Gasteiger partial charge is 0.324 e. The molecule has 2 heteroatoms. The Balaban J connectivity index is 0. The van der Waals surface area contributed by atoms with Gasteiger partial charge in [0.2, 0.25) is 0 Å². The number of nitrogens with zero attached hydrogens (tertiary/aromatic N) is 1. The Labute approximate surface area is 127 Å². The van der Waals surface area contributed by atoms with Gasteiger partial charge < -0.3 is 4.48 Å². The maximum Gasteiger partial charge on any atom is 1.00 e. The van der Waals surface area contributed by atoms with E-state index in [2.05, 4.69) is 27.7 Å². The maximum absolute atomic E-state index is 2.33. The van der Waals surface area contributed by atoms with E-state index in [4.69, 9.17) is 0 Å². The SMILES string of the molecule is CCC[N+](CC)(CCC)CCC.[K+]. The molecule has 0 amide bonds. The van der Waals surface area contributed by atoms with Gasteiger partial charge >= 0.3 is 51.4 Å². The van der Waals surface area contributed by atoms with Gasteiger partial charge in [0.15, 0.2) is 0 Å². The van der Waals surface area contributed by atoms with Gasteiger partial charge in [-0.2, -0.15) is 0 Å². The van der Waals surface area contributed by atoms with Gasteiger partial charge in [-0.3, -0.25) is 0 Å². The van der Waals surface area contributed by atoms with Crippen LogP contribution < -0.4 is 51.4 Å². The molecule has 0 atom stereocenters. The van der Waals surface area contributed by atoms with Crippen LogP contribution >= 0.6 is 0 Å². The van der Waals surface area contributed by atoms with E-state index in [1.165, 1.54) is 49.9 Å². The molecule has 0 aliphatic heterocycles. The van der Waals surface area contributed by atoms with Gasteiger partial charge in [0.05, 0.1) is 26.2 Å². The Morgan fingerprint density at radius 2 is 1.00 bits per heavy atom. The summed E-state index contributed by atoms with van der Waals surface area (Å²) in [5, 5.41) is 0. The second-order valence-electron chi connectivity index (χ2n) is 3.83. The summed E-state index contributed by atoms with van der Waals surface area (Å²) < 4.78 is 1.35. The zero-order valence-electron chi connectivity index (χ0n) is 10.4. The number of hydrogen-bond donors (Lipinski definition) is 0. The van der Waals surface area contributed by atoms with E-state index in [9.17, 15) is 0 Å². The predicted molar refractivity (Wildman–Crippen MR) is 56.3 cm³/mol. The molecule has 74 valence electrons. The number of hydrogen-bond acceptors (Lipinski definition) is 0.